The summed E-state index contributed by atoms with van der Waals surface area (Å²) in [6, 6.07) is 3.01. The number of hydrogen-bond donors (Lipinski definition) is 0. The number of nitrogens with zero attached hydrogens (tertiary/aromatic N) is 2. The van der Waals surface area contributed by atoms with Gasteiger partial charge in [0.2, 0.25) is 10.0 Å². The van der Waals surface area contributed by atoms with Crippen molar-refractivity contribution in [3.8, 4) is 0 Å². The van der Waals surface area contributed by atoms with Crippen LogP contribution in [0.1, 0.15) is 56.3 Å². The lowest BCUT2D eigenvalue weighted by Gasteiger charge is -2.32. The zero-order valence-corrected chi connectivity index (χ0v) is 20.3. The summed E-state index contributed by atoms with van der Waals surface area (Å²) in [6.45, 7) is 4.73. The minimum atomic E-state index is -4.09. The van der Waals surface area contributed by atoms with Gasteiger partial charge in [0.25, 0.3) is 5.91 Å². The molecular formula is C23H31FN2O7S. The van der Waals surface area contributed by atoms with Crippen molar-refractivity contribution in [2.45, 2.75) is 57.0 Å². The van der Waals surface area contributed by atoms with Crippen LogP contribution in [0.3, 0.4) is 0 Å². The molecule has 0 aliphatic carbocycles. The first-order valence-electron chi connectivity index (χ1n) is 11.6. The van der Waals surface area contributed by atoms with Crippen molar-refractivity contribution in [3.05, 3.63) is 29.6 Å². The molecule has 2 fully saturated rings. The molecule has 0 N–H and O–H groups in total. The third-order valence-electron chi connectivity index (χ3n) is 6.16. The van der Waals surface area contributed by atoms with Crippen LogP contribution in [-0.4, -0.2) is 74.4 Å². The van der Waals surface area contributed by atoms with Gasteiger partial charge in [0.1, 0.15) is 10.7 Å². The van der Waals surface area contributed by atoms with E-state index in [1.807, 2.05) is 0 Å². The average molecular weight is 499 g/mol. The number of benzene rings is 1. The highest BCUT2D eigenvalue weighted by Gasteiger charge is 2.33. The van der Waals surface area contributed by atoms with Crippen LogP contribution < -0.4 is 0 Å². The first-order valence-corrected chi connectivity index (χ1v) is 13.0. The van der Waals surface area contributed by atoms with Crippen LogP contribution in [0.4, 0.5) is 4.39 Å². The molecule has 2 heterocycles. The van der Waals surface area contributed by atoms with Crippen molar-refractivity contribution in [1.82, 2.24) is 9.21 Å². The van der Waals surface area contributed by atoms with Crippen molar-refractivity contribution >= 4 is 27.9 Å². The van der Waals surface area contributed by atoms with Crippen molar-refractivity contribution in [1.29, 1.82) is 0 Å². The molecule has 0 saturated carbocycles. The van der Waals surface area contributed by atoms with E-state index in [9.17, 15) is 27.2 Å². The Morgan fingerprint density at radius 1 is 1.09 bits per heavy atom. The minimum absolute atomic E-state index is 0.155. The fraction of sp³-hybridized carbons (Fsp3) is 0.609. The van der Waals surface area contributed by atoms with E-state index in [1.54, 1.807) is 6.92 Å². The Labute approximate surface area is 199 Å². The molecule has 34 heavy (non-hydrogen) atoms. The molecule has 188 valence electrons. The zero-order chi connectivity index (χ0) is 24.9. The topological polar surface area (TPSA) is 110 Å². The quantitative estimate of drug-likeness (QED) is 0.531. The number of halogens is 1. The number of carbonyl (C=O) groups is 3. The summed E-state index contributed by atoms with van der Waals surface area (Å²) in [5, 5.41) is 0. The van der Waals surface area contributed by atoms with Gasteiger partial charge in [-0.05, 0) is 57.7 Å². The average Bonchev–Trinajstić information content (AvgIpc) is 2.84. The van der Waals surface area contributed by atoms with E-state index in [1.165, 1.54) is 16.1 Å². The van der Waals surface area contributed by atoms with Crippen molar-refractivity contribution in [2.75, 3.05) is 32.8 Å². The highest BCUT2D eigenvalue weighted by atomic mass is 32.2. The fourth-order valence-electron chi connectivity index (χ4n) is 4.20. The molecule has 2 aliphatic heterocycles. The minimum Gasteiger partial charge on any atom is -0.466 e. The van der Waals surface area contributed by atoms with Gasteiger partial charge in [-0.1, -0.05) is 6.42 Å². The molecule has 9 nitrogen and oxygen atoms in total. The van der Waals surface area contributed by atoms with E-state index < -0.39 is 38.7 Å². The van der Waals surface area contributed by atoms with Gasteiger partial charge in [-0.3, -0.25) is 9.59 Å². The van der Waals surface area contributed by atoms with E-state index in [4.69, 9.17) is 9.47 Å². The summed E-state index contributed by atoms with van der Waals surface area (Å²) in [5.41, 5.74) is -0.155. The normalized spacial score (nSPS) is 18.9. The monoisotopic (exact) mass is 498 g/mol. The molecule has 0 radical (unpaired) electrons. The molecule has 0 bridgehead atoms. The van der Waals surface area contributed by atoms with Gasteiger partial charge >= 0.3 is 11.9 Å². The van der Waals surface area contributed by atoms with Crippen LogP contribution >= 0.6 is 0 Å². The summed E-state index contributed by atoms with van der Waals surface area (Å²) in [7, 11) is -4.09. The first kappa shape index (κ1) is 26.1. The highest BCUT2D eigenvalue weighted by molar-refractivity contribution is 7.89. The Hall–Kier alpha value is -2.53. The lowest BCUT2D eigenvalue weighted by Crippen LogP contribution is -2.45. The Morgan fingerprint density at radius 2 is 1.74 bits per heavy atom. The molecule has 1 atom stereocenters. The van der Waals surface area contributed by atoms with Crippen LogP contribution in [0.2, 0.25) is 0 Å². The smallest absolute Gasteiger partial charge is 0.338 e. The van der Waals surface area contributed by atoms with Crippen molar-refractivity contribution in [2.24, 2.45) is 5.92 Å². The fourth-order valence-corrected chi connectivity index (χ4v) is 5.81. The Kier molecular flexibility index (Phi) is 8.64. The third kappa shape index (κ3) is 5.93. The van der Waals surface area contributed by atoms with Gasteiger partial charge in [0.05, 0.1) is 18.1 Å². The van der Waals surface area contributed by atoms with Crippen LogP contribution in [-0.2, 0) is 29.1 Å². The Balaban J connectivity index is 1.63. The number of amides is 1. The third-order valence-corrected chi connectivity index (χ3v) is 8.07. The predicted molar refractivity (Wildman–Crippen MR) is 120 cm³/mol. The number of piperidine rings is 2. The van der Waals surface area contributed by atoms with Gasteiger partial charge in [0, 0.05) is 26.2 Å². The Morgan fingerprint density at radius 3 is 2.35 bits per heavy atom. The van der Waals surface area contributed by atoms with Gasteiger partial charge in [0.15, 0.2) is 6.10 Å². The van der Waals surface area contributed by atoms with Gasteiger partial charge in [-0.25, -0.2) is 17.6 Å². The molecule has 3 rings (SSSR count). The molecule has 0 aromatic heterocycles. The summed E-state index contributed by atoms with van der Waals surface area (Å²) < 4.78 is 51.7. The maximum Gasteiger partial charge on any atom is 0.338 e. The van der Waals surface area contributed by atoms with E-state index in [-0.39, 0.29) is 17.5 Å². The molecule has 11 heteroatoms. The summed E-state index contributed by atoms with van der Waals surface area (Å²) in [4.78, 5) is 38.2. The second-order valence-corrected chi connectivity index (χ2v) is 10.4. The molecule has 0 spiro atoms. The number of sulfonamides is 1. The molecular weight excluding hydrogens is 467 g/mol. The number of carbonyl (C=O) groups excluding carboxylic acids is 3. The largest absolute Gasteiger partial charge is 0.466 e. The Bertz CT molecular complexity index is 1020. The maximum absolute atomic E-state index is 14.4. The van der Waals surface area contributed by atoms with Crippen LogP contribution in [0.25, 0.3) is 0 Å². The molecule has 2 saturated heterocycles. The summed E-state index contributed by atoms with van der Waals surface area (Å²) >= 11 is 0. The van der Waals surface area contributed by atoms with Crippen LogP contribution in [0, 0.1) is 11.7 Å². The van der Waals surface area contributed by atoms with E-state index >= 15 is 0 Å². The van der Waals surface area contributed by atoms with Gasteiger partial charge < -0.3 is 14.4 Å². The number of ether oxygens (including phenoxy) is 2. The van der Waals surface area contributed by atoms with Crippen LogP contribution in [0.5, 0.6) is 0 Å². The second-order valence-electron chi connectivity index (χ2n) is 8.51. The summed E-state index contributed by atoms with van der Waals surface area (Å²) in [5.74, 6) is -2.82. The number of likely N-dealkylation sites (tertiary alicyclic amines) is 1. The first-order chi connectivity index (χ1) is 16.1. The zero-order valence-electron chi connectivity index (χ0n) is 19.5. The van der Waals surface area contributed by atoms with Crippen LogP contribution in [0.15, 0.2) is 23.1 Å². The molecule has 1 unspecified atom stereocenters. The number of hydrogen-bond acceptors (Lipinski definition) is 7. The van der Waals surface area contributed by atoms with Gasteiger partial charge in [-0.15, -0.1) is 0 Å². The summed E-state index contributed by atoms with van der Waals surface area (Å²) in [6.07, 6.45) is 2.09. The molecule has 1 amide bonds. The van der Waals surface area contributed by atoms with E-state index in [2.05, 4.69) is 0 Å². The highest BCUT2D eigenvalue weighted by Crippen LogP contribution is 2.25. The molecule has 2 aliphatic rings. The van der Waals surface area contributed by atoms with E-state index in [0.29, 0.717) is 58.5 Å². The maximum atomic E-state index is 14.4. The van der Waals surface area contributed by atoms with Crippen molar-refractivity contribution < 1.29 is 36.7 Å². The predicted octanol–water partition coefficient (Wildman–Crippen LogP) is 2.35. The molecule has 1 aromatic carbocycles. The standard InChI is InChI=1S/C23H31FN2O7S/c1-3-32-22(28)17-9-13-25(14-10-17)21(27)16(2)33-23(29)18-7-8-19(24)20(15-18)34(30,31)26-11-5-4-6-12-26/h7-8,15-17H,3-6,9-14H2,1-2H3. The lowest BCUT2D eigenvalue weighted by atomic mass is 9.97. The van der Waals surface area contributed by atoms with Crippen molar-refractivity contribution in [3.63, 3.8) is 0 Å². The SMILES string of the molecule is CCOC(=O)C1CCN(C(=O)C(C)OC(=O)c2ccc(F)c(S(=O)(=O)N3CCCCC3)c2)CC1. The lowest BCUT2D eigenvalue weighted by molar-refractivity contribution is -0.152. The number of esters is 2. The van der Waals surface area contributed by atoms with Gasteiger partial charge in [-0.2, -0.15) is 4.31 Å². The van der Waals surface area contributed by atoms with E-state index in [0.717, 1.165) is 24.6 Å². The molecule has 1 aromatic rings. The second kappa shape index (κ2) is 11.3. The number of rotatable bonds is 7.